The summed E-state index contributed by atoms with van der Waals surface area (Å²) < 4.78 is 10.2. The normalized spacial score (nSPS) is 11.8. The summed E-state index contributed by atoms with van der Waals surface area (Å²) in [6.45, 7) is 0. The standard InChI is InChI=1S/C39H48B24N4O/c40-8-2-3-9(41)17(49)27(59)29(61)33(3)67(32(2)28(60)26(58)16(8)48)34-30(62)22(54)10(42)4-1-5(11(43)23(55)31(63)35(1)68-36(4)34)37-64-38(6-12(44)18(50)24(56)19(51)13(6)45)66-39(65-37)7-14(46)20(52)25(57)21(53)15(7)47/h40-63H2. The van der Waals surface area contributed by atoms with E-state index in [9.17, 15) is 0 Å². The lowest BCUT2D eigenvalue weighted by molar-refractivity contribution is 0.670. The Kier molecular flexibility index (Phi) is 11.8. The zero-order chi connectivity index (χ0) is 49.9. The van der Waals surface area contributed by atoms with Gasteiger partial charge in [0.05, 0.1) is 5.69 Å². The second kappa shape index (κ2) is 16.5. The van der Waals surface area contributed by atoms with Crippen molar-refractivity contribution in [3.63, 3.8) is 0 Å². The molecule has 5 nitrogen and oxygen atoms in total. The Labute approximate surface area is 424 Å². The summed E-state index contributed by atoms with van der Waals surface area (Å²) >= 11 is 0. The first-order valence-electron chi connectivity index (χ1n) is 24.7. The van der Waals surface area contributed by atoms with Crippen molar-refractivity contribution in [3.8, 4) is 39.9 Å². The van der Waals surface area contributed by atoms with Gasteiger partial charge in [-0.15, -0.1) is 43.7 Å². The fourth-order valence-electron chi connectivity index (χ4n) is 12.1. The monoisotopic (exact) mass is 853 g/mol. The smallest absolute Gasteiger partial charge is 0.164 e. The molecule has 9 aromatic rings. The van der Waals surface area contributed by atoms with Crippen molar-refractivity contribution >= 4 is 363 Å². The molecular weight excluding hydrogens is 800 g/mol. The van der Waals surface area contributed by atoms with Gasteiger partial charge in [-0.25, -0.2) is 15.0 Å². The highest BCUT2D eigenvalue weighted by Crippen LogP contribution is 2.37. The van der Waals surface area contributed by atoms with Crippen molar-refractivity contribution in [3.05, 3.63) is 0 Å². The highest BCUT2D eigenvalue weighted by molar-refractivity contribution is 6.74. The van der Waals surface area contributed by atoms with Crippen molar-refractivity contribution in [2.45, 2.75) is 0 Å². The third-order valence-corrected chi connectivity index (χ3v) is 18.6. The number of aromatic nitrogens is 4. The zero-order valence-electron chi connectivity index (χ0n) is 45.7. The van der Waals surface area contributed by atoms with Gasteiger partial charge < -0.3 is 8.98 Å². The van der Waals surface area contributed by atoms with Crippen molar-refractivity contribution in [2.24, 2.45) is 0 Å². The molecule has 0 amide bonds. The van der Waals surface area contributed by atoms with Gasteiger partial charge in [0.25, 0.3) is 0 Å². The van der Waals surface area contributed by atoms with Gasteiger partial charge in [-0.05, 0) is 10.8 Å². The molecule has 302 valence electrons. The van der Waals surface area contributed by atoms with E-state index in [1.165, 1.54) is 142 Å². The summed E-state index contributed by atoms with van der Waals surface area (Å²) in [6.07, 6.45) is 0. The van der Waals surface area contributed by atoms with Crippen LogP contribution in [0.5, 0.6) is 0 Å². The molecule has 0 saturated carbocycles. The molecular formula is C39H48B24N4O. The van der Waals surface area contributed by atoms with Gasteiger partial charge in [0.15, 0.2) is 23.1 Å². The molecule has 0 aliphatic carbocycles. The molecule has 0 spiro atoms. The molecule has 0 atom stereocenters. The predicted molar refractivity (Wildman–Crippen MR) is 374 cm³/mol. The van der Waals surface area contributed by atoms with Crippen molar-refractivity contribution < 1.29 is 4.42 Å². The fraction of sp³-hybridized carbons (Fsp3) is 0. The molecule has 3 aromatic heterocycles. The molecule has 9 rings (SSSR count). The molecule has 68 heavy (non-hydrogen) atoms. The van der Waals surface area contributed by atoms with Crippen LogP contribution in [0, 0.1) is 0 Å². The van der Waals surface area contributed by atoms with Crippen LogP contribution >= 0.6 is 0 Å². The van der Waals surface area contributed by atoms with Crippen LogP contribution in [0.3, 0.4) is 0 Å². The van der Waals surface area contributed by atoms with E-state index in [0.717, 1.165) is 55.2 Å². The highest BCUT2D eigenvalue weighted by Gasteiger charge is 2.31. The third kappa shape index (κ3) is 6.40. The van der Waals surface area contributed by atoms with Crippen LogP contribution in [0.4, 0.5) is 0 Å². The second-order valence-corrected chi connectivity index (χ2v) is 21.1. The van der Waals surface area contributed by atoms with Crippen LogP contribution in [0.15, 0.2) is 4.42 Å². The molecule has 3 heterocycles. The molecule has 0 saturated heterocycles. The first kappa shape index (κ1) is 48.5. The number of benzene rings is 6. The summed E-state index contributed by atoms with van der Waals surface area (Å²) in [4.78, 5) is 16.8. The molecule has 0 aliphatic rings. The summed E-state index contributed by atoms with van der Waals surface area (Å²) in [5.41, 5.74) is 39.1. The summed E-state index contributed by atoms with van der Waals surface area (Å²) in [5, 5.41) is 4.89. The second-order valence-electron chi connectivity index (χ2n) is 21.1. The number of nitrogens with zero attached hydrogens (tertiary/aromatic N) is 4. The molecule has 0 fully saturated rings. The van der Waals surface area contributed by atoms with E-state index in [1.54, 1.807) is 0 Å². The average Bonchev–Trinajstić information content (AvgIpc) is 3.88. The Morgan fingerprint density at radius 1 is 0.235 bits per heavy atom. The maximum Gasteiger partial charge on any atom is 0.164 e. The molecule has 0 N–H and O–H groups in total. The van der Waals surface area contributed by atoms with E-state index in [4.69, 9.17) is 19.4 Å². The number of rotatable bonds is 4. The van der Waals surface area contributed by atoms with E-state index < -0.39 is 0 Å². The number of hydrogen-bond donors (Lipinski definition) is 0. The van der Waals surface area contributed by atoms with Crippen LogP contribution in [0.2, 0.25) is 0 Å². The Hall–Kier alpha value is -4.51. The van der Waals surface area contributed by atoms with Crippen molar-refractivity contribution in [1.82, 2.24) is 19.5 Å². The number of hydrogen-bond acceptors (Lipinski definition) is 4. The van der Waals surface area contributed by atoms with Crippen LogP contribution in [0.1, 0.15) is 0 Å². The fourth-order valence-corrected chi connectivity index (χ4v) is 12.1. The minimum atomic E-state index is 0.675. The van der Waals surface area contributed by atoms with Gasteiger partial charge in [0, 0.05) is 38.5 Å². The molecule has 0 radical (unpaired) electrons. The first-order valence-corrected chi connectivity index (χ1v) is 24.7. The predicted octanol–water partition coefficient (Wildman–Crippen LogP) is -31.9. The van der Waals surface area contributed by atoms with Gasteiger partial charge in [-0.3, -0.25) is 0 Å². The maximum absolute atomic E-state index is 7.60. The van der Waals surface area contributed by atoms with Crippen molar-refractivity contribution in [1.29, 1.82) is 0 Å². The van der Waals surface area contributed by atoms with Gasteiger partial charge in [-0.2, -0.15) is 0 Å². The lowest BCUT2D eigenvalue weighted by Gasteiger charge is -2.23. The van der Waals surface area contributed by atoms with E-state index in [-0.39, 0.29) is 0 Å². The molecule has 0 bridgehead atoms. The lowest BCUT2D eigenvalue weighted by Crippen LogP contribution is -2.55. The zero-order valence-corrected chi connectivity index (χ0v) is 45.7. The minimum Gasteiger partial charge on any atom is -0.454 e. The van der Waals surface area contributed by atoms with E-state index in [2.05, 4.69) is 193 Å². The summed E-state index contributed by atoms with van der Waals surface area (Å²) in [5.74, 6) is 2.10. The van der Waals surface area contributed by atoms with Crippen molar-refractivity contribution in [2.75, 3.05) is 0 Å². The van der Waals surface area contributed by atoms with Crippen LogP contribution in [-0.2, 0) is 0 Å². The van der Waals surface area contributed by atoms with Gasteiger partial charge in [-0.1, -0.05) is 87.4 Å². The maximum atomic E-state index is 7.60. The third-order valence-electron chi connectivity index (χ3n) is 18.6. The summed E-state index contributed by atoms with van der Waals surface area (Å²) in [7, 11) is 54.4. The molecule has 6 aromatic carbocycles. The molecule has 0 unspecified atom stereocenters. The van der Waals surface area contributed by atoms with E-state index in [0.29, 0.717) is 17.5 Å². The first-order chi connectivity index (χ1) is 31.8. The number of fused-ring (bicyclic) bond motifs is 6. The minimum absolute atomic E-state index is 0.675. The average molecular weight is 848 g/mol. The van der Waals surface area contributed by atoms with E-state index >= 15 is 0 Å². The number of furan rings is 1. The topological polar surface area (TPSA) is 56.7 Å². The Morgan fingerprint density at radius 2 is 0.515 bits per heavy atom. The Bertz CT molecular complexity index is 3640. The Morgan fingerprint density at radius 3 is 0.912 bits per heavy atom. The van der Waals surface area contributed by atoms with Gasteiger partial charge in [0.2, 0.25) is 0 Å². The molecule has 29 heteroatoms. The Balaban J connectivity index is 1.53. The summed E-state index contributed by atoms with van der Waals surface area (Å²) in [6, 6.07) is 0. The van der Waals surface area contributed by atoms with Crippen LogP contribution < -0.4 is 131 Å². The van der Waals surface area contributed by atoms with Crippen LogP contribution in [-0.4, -0.2) is 208 Å². The van der Waals surface area contributed by atoms with Gasteiger partial charge in [0.1, 0.15) is 194 Å². The quantitative estimate of drug-likeness (QED) is 0.166. The largest absolute Gasteiger partial charge is 0.454 e. The molecule has 0 aliphatic heterocycles. The SMILES string of the molecule is Bc1c(B)c(B)c(-c2nc(-c3c(B)c(B)c(B)c(B)c3B)nc(-c3c(B)c(B)c(B)c4oc5c(-n6c7c(B)c(B)c(B)c(B)c7c7c(B)c(B)c(B)c(B)c76)c(B)c(B)c(B)c5c34)n2)c(B)c1B. The lowest BCUT2D eigenvalue weighted by atomic mass is 9.60. The van der Waals surface area contributed by atoms with Crippen LogP contribution in [0.25, 0.3) is 83.6 Å². The van der Waals surface area contributed by atoms with Gasteiger partial charge >= 0.3 is 0 Å². The highest BCUT2D eigenvalue weighted by atomic mass is 16.3. The van der Waals surface area contributed by atoms with E-state index in [1.807, 2.05) is 0 Å².